The van der Waals surface area contributed by atoms with Gasteiger partial charge in [-0.05, 0) is 18.2 Å². The van der Waals surface area contributed by atoms with Crippen LogP contribution in [0.3, 0.4) is 0 Å². The van der Waals surface area contributed by atoms with Crippen molar-refractivity contribution in [1.29, 1.82) is 0 Å². The van der Waals surface area contributed by atoms with Crippen molar-refractivity contribution in [3.63, 3.8) is 0 Å². The second-order valence-electron chi connectivity index (χ2n) is 4.69. The highest BCUT2D eigenvalue weighted by Gasteiger charge is 2.03. The van der Waals surface area contributed by atoms with Crippen molar-refractivity contribution in [2.75, 3.05) is 0 Å². The third-order valence-corrected chi connectivity index (χ3v) is 3.14. The van der Waals surface area contributed by atoms with Gasteiger partial charge in [0.2, 0.25) is 0 Å². The number of phenols is 1. The molecule has 1 heterocycles. The first-order chi connectivity index (χ1) is 10.3. The highest BCUT2D eigenvalue weighted by molar-refractivity contribution is 5.31. The molecule has 0 amide bonds. The van der Waals surface area contributed by atoms with Gasteiger partial charge in [-0.2, -0.15) is 15.0 Å². The summed E-state index contributed by atoms with van der Waals surface area (Å²) in [6, 6.07) is 17.1. The van der Waals surface area contributed by atoms with E-state index < -0.39 is 0 Å². The van der Waals surface area contributed by atoms with Gasteiger partial charge in [0.1, 0.15) is 5.75 Å². The van der Waals surface area contributed by atoms with E-state index in [1.807, 2.05) is 48.5 Å². The second-order valence-corrected chi connectivity index (χ2v) is 4.69. The quantitative estimate of drug-likeness (QED) is 0.752. The summed E-state index contributed by atoms with van der Waals surface area (Å²) in [6.07, 6.45) is 1.74. The van der Waals surface area contributed by atoms with Gasteiger partial charge in [0, 0.05) is 18.7 Å². The van der Waals surface area contributed by atoms with Crippen LogP contribution in [0.25, 0.3) is 5.69 Å². The molecule has 3 rings (SSSR count). The molecule has 3 aromatic rings. The molecule has 5 heteroatoms. The molecule has 0 unspecified atom stereocenters. The average molecular weight is 280 g/mol. The normalized spacial score (nSPS) is 10.7. The average Bonchev–Trinajstić information content (AvgIpc) is 2.99. The maximum absolute atomic E-state index is 9.69. The van der Waals surface area contributed by atoms with Crippen LogP contribution in [0.5, 0.6) is 5.75 Å². The molecule has 2 N–H and O–H groups in total. The van der Waals surface area contributed by atoms with Crippen LogP contribution in [-0.2, 0) is 13.1 Å². The highest BCUT2D eigenvalue weighted by Crippen LogP contribution is 2.15. The highest BCUT2D eigenvalue weighted by atomic mass is 16.3. The minimum atomic E-state index is 0.304. The third kappa shape index (κ3) is 3.27. The predicted octanol–water partition coefficient (Wildman–Crippen LogP) is 2.26. The molecular weight excluding hydrogens is 264 g/mol. The predicted molar refractivity (Wildman–Crippen MR) is 80.0 cm³/mol. The minimum absolute atomic E-state index is 0.304. The Hall–Kier alpha value is -2.66. The molecule has 2 aromatic carbocycles. The fraction of sp³-hybridized carbons (Fsp3) is 0.125. The fourth-order valence-electron chi connectivity index (χ4n) is 2.05. The van der Waals surface area contributed by atoms with Gasteiger partial charge in [-0.3, -0.25) is 0 Å². The van der Waals surface area contributed by atoms with Gasteiger partial charge in [0.15, 0.2) is 0 Å². The van der Waals surface area contributed by atoms with E-state index in [0.29, 0.717) is 18.8 Å². The number of hydrogen-bond donors (Lipinski definition) is 2. The van der Waals surface area contributed by atoms with E-state index in [2.05, 4.69) is 15.5 Å². The number of benzene rings is 2. The van der Waals surface area contributed by atoms with Gasteiger partial charge in [-0.25, -0.2) is 0 Å². The molecule has 5 nitrogen and oxygen atoms in total. The van der Waals surface area contributed by atoms with Crippen molar-refractivity contribution >= 4 is 0 Å². The molecule has 106 valence electrons. The van der Waals surface area contributed by atoms with Crippen molar-refractivity contribution in [2.45, 2.75) is 13.1 Å². The Bertz CT molecular complexity index is 709. The van der Waals surface area contributed by atoms with E-state index in [1.165, 1.54) is 0 Å². The Morgan fingerprint density at radius 2 is 1.71 bits per heavy atom. The van der Waals surface area contributed by atoms with Crippen molar-refractivity contribution in [3.05, 3.63) is 72.1 Å². The maximum atomic E-state index is 9.69. The monoisotopic (exact) mass is 280 g/mol. The molecule has 0 aliphatic heterocycles. The van der Waals surface area contributed by atoms with E-state index in [9.17, 15) is 5.11 Å². The molecule has 0 saturated carbocycles. The van der Waals surface area contributed by atoms with Crippen LogP contribution < -0.4 is 5.32 Å². The van der Waals surface area contributed by atoms with Gasteiger partial charge in [-0.15, -0.1) is 0 Å². The van der Waals surface area contributed by atoms with Crippen LogP contribution in [-0.4, -0.2) is 20.1 Å². The lowest BCUT2D eigenvalue weighted by Gasteiger charge is -2.04. The smallest absolute Gasteiger partial charge is 0.120 e. The van der Waals surface area contributed by atoms with Gasteiger partial charge in [0.05, 0.1) is 17.6 Å². The van der Waals surface area contributed by atoms with Crippen LogP contribution in [0.4, 0.5) is 0 Å². The molecule has 0 fully saturated rings. The van der Waals surface area contributed by atoms with Crippen LogP contribution in [0.2, 0.25) is 0 Å². The summed E-state index contributed by atoms with van der Waals surface area (Å²) in [5, 5.41) is 21.6. The topological polar surface area (TPSA) is 63.0 Å². The van der Waals surface area contributed by atoms with E-state index >= 15 is 0 Å². The zero-order valence-electron chi connectivity index (χ0n) is 11.5. The van der Waals surface area contributed by atoms with Crippen molar-refractivity contribution in [2.24, 2.45) is 0 Å². The molecular formula is C16H16N4O. The second kappa shape index (κ2) is 6.19. The Labute approximate surface area is 122 Å². The summed E-state index contributed by atoms with van der Waals surface area (Å²) in [5.41, 5.74) is 2.66. The Morgan fingerprint density at radius 1 is 0.952 bits per heavy atom. The molecule has 0 aliphatic carbocycles. The number of aromatic hydroxyl groups is 1. The first-order valence-corrected chi connectivity index (χ1v) is 6.77. The molecule has 0 radical (unpaired) electrons. The molecule has 0 bridgehead atoms. The summed E-state index contributed by atoms with van der Waals surface area (Å²) in [6.45, 7) is 1.19. The van der Waals surface area contributed by atoms with Gasteiger partial charge in [0.25, 0.3) is 0 Å². The number of nitrogens with zero attached hydrogens (tertiary/aromatic N) is 3. The number of hydrogen-bond acceptors (Lipinski definition) is 4. The van der Waals surface area contributed by atoms with E-state index in [0.717, 1.165) is 16.9 Å². The van der Waals surface area contributed by atoms with E-state index in [-0.39, 0.29) is 0 Å². The largest absolute Gasteiger partial charge is 0.508 e. The van der Waals surface area contributed by atoms with Crippen molar-refractivity contribution in [1.82, 2.24) is 20.3 Å². The summed E-state index contributed by atoms with van der Waals surface area (Å²) in [4.78, 5) is 1.61. The Balaban J connectivity index is 1.60. The molecule has 1 aromatic heterocycles. The lowest BCUT2D eigenvalue weighted by atomic mass is 10.2. The molecule has 0 saturated heterocycles. The summed E-state index contributed by atoms with van der Waals surface area (Å²) >= 11 is 0. The Morgan fingerprint density at radius 3 is 2.52 bits per heavy atom. The standard InChI is InChI=1S/C16H16N4O/c21-16-9-5-4-6-13(16)10-17-11-14-12-18-20(19-14)15-7-2-1-3-8-15/h1-9,12,17,21H,10-11H2. The Kier molecular flexibility index (Phi) is 3.93. The van der Waals surface area contributed by atoms with Crippen LogP contribution in [0.1, 0.15) is 11.3 Å². The van der Waals surface area contributed by atoms with Crippen LogP contribution >= 0.6 is 0 Å². The number of para-hydroxylation sites is 2. The van der Waals surface area contributed by atoms with Crippen LogP contribution in [0, 0.1) is 0 Å². The third-order valence-electron chi connectivity index (χ3n) is 3.14. The molecule has 21 heavy (non-hydrogen) atoms. The zero-order chi connectivity index (χ0) is 14.5. The lowest BCUT2D eigenvalue weighted by Crippen LogP contribution is -2.13. The summed E-state index contributed by atoms with van der Waals surface area (Å²) < 4.78 is 0. The first kappa shape index (κ1) is 13.3. The number of phenolic OH excluding ortho intramolecular Hbond substituents is 1. The summed E-state index contributed by atoms with van der Waals surface area (Å²) in [5.74, 6) is 0.304. The van der Waals surface area contributed by atoms with Crippen molar-refractivity contribution < 1.29 is 5.11 Å². The minimum Gasteiger partial charge on any atom is -0.508 e. The number of rotatable bonds is 5. The lowest BCUT2D eigenvalue weighted by molar-refractivity contribution is 0.464. The summed E-state index contributed by atoms with van der Waals surface area (Å²) in [7, 11) is 0. The maximum Gasteiger partial charge on any atom is 0.120 e. The van der Waals surface area contributed by atoms with Gasteiger partial charge < -0.3 is 10.4 Å². The zero-order valence-corrected chi connectivity index (χ0v) is 11.5. The van der Waals surface area contributed by atoms with E-state index in [4.69, 9.17) is 0 Å². The number of nitrogens with one attached hydrogen (secondary N) is 1. The molecule has 0 atom stereocenters. The molecule has 0 aliphatic rings. The van der Waals surface area contributed by atoms with Gasteiger partial charge in [-0.1, -0.05) is 36.4 Å². The van der Waals surface area contributed by atoms with E-state index in [1.54, 1.807) is 17.1 Å². The van der Waals surface area contributed by atoms with Gasteiger partial charge >= 0.3 is 0 Å². The van der Waals surface area contributed by atoms with Crippen LogP contribution in [0.15, 0.2) is 60.8 Å². The fourth-order valence-corrected chi connectivity index (χ4v) is 2.05. The number of aromatic nitrogens is 3. The van der Waals surface area contributed by atoms with Crippen molar-refractivity contribution in [3.8, 4) is 11.4 Å². The SMILES string of the molecule is Oc1ccccc1CNCc1cnn(-c2ccccc2)n1. The first-order valence-electron chi connectivity index (χ1n) is 6.77. The molecule has 0 spiro atoms.